The quantitative estimate of drug-likeness (QED) is 0.657. The monoisotopic (exact) mass is 201 g/mol. The molecule has 0 N–H and O–H groups in total. The van der Waals surface area contributed by atoms with Crippen LogP contribution in [0.25, 0.3) is 10.9 Å². The molecule has 1 aromatic carbocycles. The van der Waals surface area contributed by atoms with Crippen LogP contribution in [0.2, 0.25) is 0 Å². The van der Waals surface area contributed by atoms with E-state index in [1.807, 2.05) is 24.3 Å². The van der Waals surface area contributed by atoms with Crippen molar-refractivity contribution in [3.05, 3.63) is 46.2 Å². The van der Waals surface area contributed by atoms with Gasteiger partial charge in [0.2, 0.25) is 0 Å². The molecule has 1 aliphatic heterocycles. The summed E-state index contributed by atoms with van der Waals surface area (Å²) in [6, 6.07) is 9.51. The third-order valence-electron chi connectivity index (χ3n) is 2.85. The van der Waals surface area contributed by atoms with Crippen LogP contribution in [-0.4, -0.2) is 11.2 Å². The molecule has 0 amide bonds. The van der Waals surface area contributed by atoms with E-state index in [4.69, 9.17) is 4.74 Å². The maximum atomic E-state index is 11.6. The van der Waals surface area contributed by atoms with Crippen molar-refractivity contribution in [2.45, 2.75) is 6.10 Å². The van der Waals surface area contributed by atoms with Crippen LogP contribution < -0.4 is 5.56 Å². The van der Waals surface area contributed by atoms with Crippen LogP contribution in [0.4, 0.5) is 0 Å². The predicted octanol–water partition coefficient (Wildman–Crippen LogP) is 1.61. The van der Waals surface area contributed by atoms with Crippen molar-refractivity contribution >= 4 is 10.9 Å². The van der Waals surface area contributed by atoms with Crippen LogP contribution in [0.15, 0.2) is 35.1 Å². The molecule has 1 atom stereocenters. The van der Waals surface area contributed by atoms with Crippen molar-refractivity contribution in [2.75, 3.05) is 6.61 Å². The van der Waals surface area contributed by atoms with Gasteiger partial charge in [-0.25, -0.2) is 0 Å². The Kier molecular flexibility index (Phi) is 1.70. The average Bonchev–Trinajstić information content (AvgIpc) is 3.06. The molecule has 2 aromatic rings. The molecule has 3 rings (SSSR count). The SMILES string of the molecule is Cn1c(=O)ccc2cccc(C3CO3)c21. The summed E-state index contributed by atoms with van der Waals surface area (Å²) in [5, 5.41) is 1.09. The highest BCUT2D eigenvalue weighted by molar-refractivity contribution is 5.82. The summed E-state index contributed by atoms with van der Waals surface area (Å²) in [6.45, 7) is 0.766. The van der Waals surface area contributed by atoms with Crippen molar-refractivity contribution in [1.82, 2.24) is 4.57 Å². The number of para-hydroxylation sites is 1. The first kappa shape index (κ1) is 8.68. The van der Waals surface area contributed by atoms with Gasteiger partial charge in [0.05, 0.1) is 12.1 Å². The highest BCUT2D eigenvalue weighted by atomic mass is 16.6. The summed E-state index contributed by atoms with van der Waals surface area (Å²) in [4.78, 5) is 11.6. The predicted molar refractivity (Wildman–Crippen MR) is 57.9 cm³/mol. The molecule has 15 heavy (non-hydrogen) atoms. The lowest BCUT2D eigenvalue weighted by Crippen LogP contribution is -2.16. The Morgan fingerprint density at radius 3 is 2.87 bits per heavy atom. The van der Waals surface area contributed by atoms with E-state index in [1.165, 1.54) is 0 Å². The number of hydrogen-bond acceptors (Lipinski definition) is 2. The zero-order valence-electron chi connectivity index (χ0n) is 8.43. The number of ether oxygens (including phenoxy) is 1. The minimum absolute atomic E-state index is 0.0237. The summed E-state index contributed by atoms with van der Waals surface area (Å²) in [6.07, 6.45) is 0.182. The number of fused-ring (bicyclic) bond motifs is 1. The van der Waals surface area contributed by atoms with E-state index in [0.29, 0.717) is 0 Å². The first-order chi connectivity index (χ1) is 7.27. The molecule has 2 heterocycles. The van der Waals surface area contributed by atoms with E-state index >= 15 is 0 Å². The second-order valence-electron chi connectivity index (χ2n) is 3.84. The molecular formula is C12H11NO2. The second kappa shape index (κ2) is 2.94. The van der Waals surface area contributed by atoms with Gasteiger partial charge in [-0.15, -0.1) is 0 Å². The van der Waals surface area contributed by atoms with Gasteiger partial charge in [0, 0.05) is 18.7 Å². The summed E-state index contributed by atoms with van der Waals surface area (Å²) in [7, 11) is 1.80. The summed E-state index contributed by atoms with van der Waals surface area (Å²) < 4.78 is 6.97. The standard InChI is InChI=1S/C12H11NO2/c1-13-11(14)6-5-8-3-2-4-9(12(8)13)10-7-15-10/h2-6,10H,7H2,1H3. The van der Waals surface area contributed by atoms with E-state index in [1.54, 1.807) is 17.7 Å². The molecule has 0 spiro atoms. The van der Waals surface area contributed by atoms with Gasteiger partial charge in [0.15, 0.2) is 0 Å². The maximum Gasteiger partial charge on any atom is 0.250 e. The van der Waals surface area contributed by atoms with Crippen LogP contribution in [0.1, 0.15) is 11.7 Å². The molecule has 0 aliphatic carbocycles. The van der Waals surface area contributed by atoms with Crippen LogP contribution in [0.3, 0.4) is 0 Å². The van der Waals surface area contributed by atoms with E-state index < -0.39 is 0 Å². The van der Waals surface area contributed by atoms with Gasteiger partial charge in [0.25, 0.3) is 5.56 Å². The summed E-state index contributed by atoms with van der Waals surface area (Å²) >= 11 is 0. The van der Waals surface area contributed by atoms with Crippen molar-refractivity contribution < 1.29 is 4.74 Å². The lowest BCUT2D eigenvalue weighted by Gasteiger charge is -2.08. The third-order valence-corrected chi connectivity index (χ3v) is 2.85. The van der Waals surface area contributed by atoms with Gasteiger partial charge in [0.1, 0.15) is 6.10 Å². The van der Waals surface area contributed by atoms with Crippen LogP contribution in [0, 0.1) is 0 Å². The van der Waals surface area contributed by atoms with E-state index in [-0.39, 0.29) is 11.7 Å². The Balaban J connectivity index is 2.44. The van der Waals surface area contributed by atoms with Gasteiger partial charge in [-0.1, -0.05) is 18.2 Å². The topological polar surface area (TPSA) is 34.5 Å². The Morgan fingerprint density at radius 1 is 1.33 bits per heavy atom. The number of benzene rings is 1. The summed E-state index contributed by atoms with van der Waals surface area (Å²) in [5.74, 6) is 0. The van der Waals surface area contributed by atoms with Gasteiger partial charge in [-0.3, -0.25) is 4.79 Å². The van der Waals surface area contributed by atoms with E-state index in [9.17, 15) is 4.79 Å². The molecule has 0 radical (unpaired) electrons. The van der Waals surface area contributed by atoms with Crippen molar-refractivity contribution in [2.24, 2.45) is 7.05 Å². The van der Waals surface area contributed by atoms with Crippen molar-refractivity contribution in [3.8, 4) is 0 Å². The summed E-state index contributed by atoms with van der Waals surface area (Å²) in [5.41, 5.74) is 2.14. The molecule has 0 saturated carbocycles. The fraction of sp³-hybridized carbons (Fsp3) is 0.250. The van der Waals surface area contributed by atoms with Crippen LogP contribution in [-0.2, 0) is 11.8 Å². The van der Waals surface area contributed by atoms with Gasteiger partial charge >= 0.3 is 0 Å². The lowest BCUT2D eigenvalue weighted by atomic mass is 10.1. The maximum absolute atomic E-state index is 11.6. The number of hydrogen-bond donors (Lipinski definition) is 0. The number of nitrogens with zero attached hydrogens (tertiary/aromatic N) is 1. The minimum Gasteiger partial charge on any atom is -0.368 e. The highest BCUT2D eigenvalue weighted by Gasteiger charge is 2.27. The Hall–Kier alpha value is -1.61. The first-order valence-electron chi connectivity index (χ1n) is 4.97. The van der Waals surface area contributed by atoms with Crippen molar-refractivity contribution in [3.63, 3.8) is 0 Å². The smallest absolute Gasteiger partial charge is 0.250 e. The number of aromatic nitrogens is 1. The van der Waals surface area contributed by atoms with Gasteiger partial charge in [-0.2, -0.15) is 0 Å². The molecule has 0 bridgehead atoms. The second-order valence-corrected chi connectivity index (χ2v) is 3.84. The van der Waals surface area contributed by atoms with Crippen LogP contribution in [0.5, 0.6) is 0 Å². The highest BCUT2D eigenvalue weighted by Crippen LogP contribution is 2.33. The first-order valence-corrected chi connectivity index (χ1v) is 4.97. The Labute approximate surface area is 86.9 Å². The molecule has 1 aromatic heterocycles. The largest absolute Gasteiger partial charge is 0.368 e. The van der Waals surface area contributed by atoms with Crippen LogP contribution >= 0.6 is 0 Å². The molecule has 76 valence electrons. The Morgan fingerprint density at radius 2 is 2.13 bits per heavy atom. The number of rotatable bonds is 1. The fourth-order valence-corrected chi connectivity index (χ4v) is 1.97. The fourth-order valence-electron chi connectivity index (χ4n) is 1.97. The normalized spacial score (nSPS) is 19.4. The number of epoxide rings is 1. The number of pyridine rings is 1. The molecule has 1 aliphatic rings. The number of aryl methyl sites for hydroxylation is 1. The van der Waals surface area contributed by atoms with E-state index in [2.05, 4.69) is 0 Å². The van der Waals surface area contributed by atoms with Gasteiger partial charge < -0.3 is 9.30 Å². The average molecular weight is 201 g/mol. The molecular weight excluding hydrogens is 190 g/mol. The van der Waals surface area contributed by atoms with Gasteiger partial charge in [-0.05, 0) is 11.5 Å². The van der Waals surface area contributed by atoms with E-state index in [0.717, 1.165) is 23.1 Å². The molecule has 1 saturated heterocycles. The molecule has 3 heteroatoms. The molecule has 1 unspecified atom stereocenters. The molecule has 3 nitrogen and oxygen atoms in total. The molecule has 1 fully saturated rings. The zero-order valence-corrected chi connectivity index (χ0v) is 8.43. The minimum atomic E-state index is 0.0237. The Bertz CT molecular complexity index is 582. The third kappa shape index (κ3) is 1.27. The van der Waals surface area contributed by atoms with Crippen molar-refractivity contribution in [1.29, 1.82) is 0 Å². The zero-order chi connectivity index (χ0) is 10.4. The lowest BCUT2D eigenvalue weighted by molar-refractivity contribution is 0.416.